The molecule has 8 nitrogen and oxygen atoms in total. The molecule has 5 N–H and O–H groups in total. The van der Waals surface area contributed by atoms with E-state index in [0.717, 1.165) is 11.0 Å². The molecule has 0 radical (unpaired) electrons. The van der Waals surface area contributed by atoms with Crippen LogP contribution < -0.4 is 16.8 Å². The van der Waals surface area contributed by atoms with Crippen LogP contribution in [0.2, 0.25) is 0 Å². The average molecular weight is 431 g/mol. The van der Waals surface area contributed by atoms with Crippen LogP contribution in [0.1, 0.15) is 18.4 Å². The van der Waals surface area contributed by atoms with Crippen molar-refractivity contribution in [3.05, 3.63) is 77.7 Å². The Bertz CT molecular complexity index is 957. The molecule has 0 aromatic heterocycles. The number of hydrogen-bond acceptors (Lipinski definition) is 5. The van der Waals surface area contributed by atoms with Gasteiger partial charge in [0.2, 0.25) is 0 Å². The summed E-state index contributed by atoms with van der Waals surface area (Å²) in [5, 5.41) is 3.76. The van der Waals surface area contributed by atoms with Crippen molar-refractivity contribution in [2.75, 3.05) is 6.54 Å². The van der Waals surface area contributed by atoms with Gasteiger partial charge >= 0.3 is 6.09 Å². The number of benzene rings is 2. The van der Waals surface area contributed by atoms with Gasteiger partial charge in [-0.15, -0.1) is 0 Å². The number of nitrogens with zero attached hydrogens (tertiary/aromatic N) is 1. The van der Waals surface area contributed by atoms with Crippen LogP contribution in [0.15, 0.2) is 82.0 Å². The number of rotatable bonds is 10. The lowest BCUT2D eigenvalue weighted by atomic mass is 10.1. The summed E-state index contributed by atoms with van der Waals surface area (Å²) in [6.45, 7) is 0.471. The Morgan fingerprint density at radius 3 is 2.33 bits per heavy atom. The lowest BCUT2D eigenvalue weighted by molar-refractivity contribution is 0.137. The Kier molecular flexibility index (Phi) is 8.89. The molecule has 0 spiro atoms. The number of guanidine groups is 1. The number of ether oxygens (including phenoxy) is 1. The van der Waals surface area contributed by atoms with E-state index in [4.69, 9.17) is 16.2 Å². The van der Waals surface area contributed by atoms with Crippen molar-refractivity contribution in [1.29, 1.82) is 0 Å². The standard InChI is InChI=1S/C21H26N4O4S/c22-20(23)24-14-7-10-18(13-15-30(27,28)19-11-5-2-6-12-19)25-21(26)29-16-17-8-3-1-4-9-17/h1-6,8-9,11-13,15,18H,7,10,14,16H2,(H,25,26)(H4,22,23,24)/b15-13+/t18-/m0/s1. The predicted molar refractivity (Wildman–Crippen MR) is 116 cm³/mol. The fourth-order valence-electron chi connectivity index (χ4n) is 2.54. The lowest BCUT2D eigenvalue weighted by Crippen LogP contribution is -2.34. The Hall–Kier alpha value is -3.33. The topological polar surface area (TPSA) is 137 Å². The summed E-state index contributed by atoms with van der Waals surface area (Å²) < 4.78 is 30.2. The van der Waals surface area contributed by atoms with Crippen LogP contribution in [0.25, 0.3) is 0 Å². The molecule has 0 fully saturated rings. The maximum atomic E-state index is 12.5. The Labute approximate surface area is 176 Å². The van der Waals surface area contributed by atoms with Crippen LogP contribution in [0.5, 0.6) is 0 Å². The highest BCUT2D eigenvalue weighted by molar-refractivity contribution is 7.94. The fraction of sp³-hybridized carbons (Fsp3) is 0.238. The van der Waals surface area contributed by atoms with E-state index in [2.05, 4.69) is 10.3 Å². The van der Waals surface area contributed by atoms with Gasteiger partial charge in [-0.2, -0.15) is 0 Å². The number of hydrogen-bond donors (Lipinski definition) is 3. The number of aliphatic imine (C=N–C) groups is 1. The molecular formula is C21H26N4O4S. The Morgan fingerprint density at radius 1 is 1.07 bits per heavy atom. The third-order valence-corrected chi connectivity index (χ3v) is 5.49. The van der Waals surface area contributed by atoms with E-state index in [1.54, 1.807) is 18.2 Å². The number of nitrogens with one attached hydrogen (secondary N) is 1. The van der Waals surface area contributed by atoms with Crippen molar-refractivity contribution in [3.63, 3.8) is 0 Å². The maximum Gasteiger partial charge on any atom is 0.407 e. The lowest BCUT2D eigenvalue weighted by Gasteiger charge is -2.15. The summed E-state index contributed by atoms with van der Waals surface area (Å²) in [5.41, 5.74) is 11.5. The van der Waals surface area contributed by atoms with E-state index in [0.29, 0.717) is 19.4 Å². The number of amides is 1. The minimum atomic E-state index is -3.63. The molecule has 0 bridgehead atoms. The molecule has 0 aliphatic carbocycles. The number of alkyl carbamates (subject to hydrolysis) is 1. The molecule has 0 unspecified atom stereocenters. The summed E-state index contributed by atoms with van der Waals surface area (Å²) in [5.74, 6) is -0.0241. The first-order valence-electron chi connectivity index (χ1n) is 9.38. The van der Waals surface area contributed by atoms with E-state index >= 15 is 0 Å². The van der Waals surface area contributed by atoms with Crippen LogP contribution in [0, 0.1) is 0 Å². The smallest absolute Gasteiger partial charge is 0.407 e. The molecule has 1 atom stereocenters. The molecule has 0 saturated carbocycles. The molecule has 0 heterocycles. The summed E-state index contributed by atoms with van der Waals surface area (Å²) in [7, 11) is -3.63. The van der Waals surface area contributed by atoms with E-state index in [-0.39, 0.29) is 17.5 Å². The van der Waals surface area contributed by atoms with E-state index in [1.165, 1.54) is 18.2 Å². The van der Waals surface area contributed by atoms with Gasteiger partial charge in [-0.05, 0) is 30.5 Å². The van der Waals surface area contributed by atoms with Crippen LogP contribution in [-0.2, 0) is 21.2 Å². The van der Waals surface area contributed by atoms with Crippen molar-refractivity contribution in [2.24, 2.45) is 16.5 Å². The molecule has 0 saturated heterocycles. The van der Waals surface area contributed by atoms with Crippen LogP contribution in [0.4, 0.5) is 4.79 Å². The normalized spacial score (nSPS) is 12.3. The van der Waals surface area contributed by atoms with Gasteiger partial charge in [-0.1, -0.05) is 54.6 Å². The van der Waals surface area contributed by atoms with Crippen LogP contribution in [0.3, 0.4) is 0 Å². The SMILES string of the molecule is NC(N)=NCCC[C@@H](/C=C/S(=O)(=O)c1ccccc1)NC(=O)OCc1ccccc1. The maximum absolute atomic E-state index is 12.5. The van der Waals surface area contributed by atoms with Gasteiger partial charge in [0, 0.05) is 12.0 Å². The predicted octanol–water partition coefficient (Wildman–Crippen LogP) is 2.32. The monoisotopic (exact) mass is 430 g/mol. The average Bonchev–Trinajstić information content (AvgIpc) is 2.74. The van der Waals surface area contributed by atoms with Crippen LogP contribution in [-0.4, -0.2) is 33.1 Å². The highest BCUT2D eigenvalue weighted by Crippen LogP contribution is 2.12. The number of sulfone groups is 1. The van der Waals surface area contributed by atoms with Crippen molar-refractivity contribution < 1.29 is 17.9 Å². The first-order valence-corrected chi connectivity index (χ1v) is 10.9. The minimum absolute atomic E-state index is 0.0241. The second-order valence-corrected chi connectivity index (χ2v) is 8.28. The third kappa shape index (κ3) is 8.36. The van der Waals surface area contributed by atoms with Crippen LogP contribution >= 0.6 is 0 Å². The molecule has 9 heteroatoms. The summed E-state index contributed by atoms with van der Waals surface area (Å²) in [6.07, 6.45) is 1.75. The first-order chi connectivity index (χ1) is 14.4. The molecular weight excluding hydrogens is 404 g/mol. The Morgan fingerprint density at radius 2 is 1.70 bits per heavy atom. The van der Waals surface area contributed by atoms with E-state index in [9.17, 15) is 13.2 Å². The molecule has 2 aromatic rings. The third-order valence-electron chi connectivity index (χ3n) is 4.05. The summed E-state index contributed by atoms with van der Waals surface area (Å²) in [4.78, 5) is 16.2. The van der Waals surface area contributed by atoms with E-state index in [1.807, 2.05) is 30.3 Å². The number of nitrogens with two attached hydrogens (primary N) is 2. The van der Waals surface area contributed by atoms with Crippen molar-refractivity contribution in [2.45, 2.75) is 30.4 Å². The molecule has 0 aliphatic rings. The highest BCUT2D eigenvalue weighted by atomic mass is 32.2. The molecule has 2 aromatic carbocycles. The highest BCUT2D eigenvalue weighted by Gasteiger charge is 2.14. The Balaban J connectivity index is 2.01. The van der Waals surface area contributed by atoms with Gasteiger partial charge in [0.05, 0.1) is 10.9 Å². The van der Waals surface area contributed by atoms with Gasteiger partial charge in [0.1, 0.15) is 6.61 Å². The van der Waals surface area contributed by atoms with Gasteiger partial charge < -0.3 is 21.5 Å². The molecule has 2 rings (SSSR count). The van der Waals surface area contributed by atoms with Crippen molar-refractivity contribution >= 4 is 21.9 Å². The zero-order chi connectivity index (χ0) is 21.8. The molecule has 30 heavy (non-hydrogen) atoms. The summed E-state index contributed by atoms with van der Waals surface area (Å²) >= 11 is 0. The molecule has 0 aliphatic heterocycles. The van der Waals surface area contributed by atoms with Gasteiger partial charge in [0.25, 0.3) is 0 Å². The minimum Gasteiger partial charge on any atom is -0.445 e. The second-order valence-electron chi connectivity index (χ2n) is 6.45. The van der Waals surface area contributed by atoms with Gasteiger partial charge in [-0.25, -0.2) is 13.2 Å². The first kappa shape index (κ1) is 23.0. The number of carbonyl (C=O) groups excluding carboxylic acids is 1. The fourth-order valence-corrected chi connectivity index (χ4v) is 3.63. The van der Waals surface area contributed by atoms with E-state index < -0.39 is 22.0 Å². The molecule has 160 valence electrons. The zero-order valence-electron chi connectivity index (χ0n) is 16.5. The molecule has 1 amide bonds. The quantitative estimate of drug-likeness (QED) is 0.300. The summed E-state index contributed by atoms with van der Waals surface area (Å²) in [6, 6.07) is 16.7. The van der Waals surface area contributed by atoms with Gasteiger partial charge in [0.15, 0.2) is 15.8 Å². The largest absolute Gasteiger partial charge is 0.445 e. The zero-order valence-corrected chi connectivity index (χ0v) is 17.3. The number of carbonyl (C=O) groups is 1. The second kappa shape index (κ2) is 11.6. The van der Waals surface area contributed by atoms with Crippen molar-refractivity contribution in [3.8, 4) is 0 Å². The van der Waals surface area contributed by atoms with Crippen molar-refractivity contribution in [1.82, 2.24) is 5.32 Å². The van der Waals surface area contributed by atoms with Gasteiger partial charge in [-0.3, -0.25) is 4.99 Å².